The van der Waals surface area contributed by atoms with Crippen LogP contribution in [0.25, 0.3) is 0 Å². The molecule has 21 heavy (non-hydrogen) atoms. The molecule has 0 bridgehead atoms. The maximum absolute atomic E-state index is 13.4. The van der Waals surface area contributed by atoms with Crippen molar-refractivity contribution in [2.75, 3.05) is 13.7 Å². The van der Waals surface area contributed by atoms with Crippen LogP contribution in [0.15, 0.2) is 36.5 Å². The highest BCUT2D eigenvalue weighted by atomic mass is 19.1. The van der Waals surface area contributed by atoms with Crippen molar-refractivity contribution in [1.29, 1.82) is 0 Å². The zero-order chi connectivity index (χ0) is 15.2. The number of hydrogen-bond acceptors (Lipinski definition) is 3. The number of pyridine rings is 1. The van der Waals surface area contributed by atoms with Crippen molar-refractivity contribution in [3.63, 3.8) is 0 Å². The second kappa shape index (κ2) is 7.18. The first-order chi connectivity index (χ1) is 10.2. The zero-order valence-electron chi connectivity index (χ0n) is 12.7. The van der Waals surface area contributed by atoms with E-state index in [0.29, 0.717) is 5.88 Å². The van der Waals surface area contributed by atoms with E-state index in [1.54, 1.807) is 19.4 Å². The van der Waals surface area contributed by atoms with Crippen LogP contribution in [0.1, 0.15) is 36.1 Å². The summed E-state index contributed by atoms with van der Waals surface area (Å²) in [5.74, 6) is 0.374. The van der Waals surface area contributed by atoms with Crippen LogP contribution in [-0.2, 0) is 0 Å². The van der Waals surface area contributed by atoms with Crippen LogP contribution < -0.4 is 10.1 Å². The first-order valence-electron chi connectivity index (χ1n) is 7.15. The molecule has 4 heteroatoms. The molecular weight excluding hydrogens is 267 g/mol. The number of hydrogen-bond donors (Lipinski definition) is 1. The summed E-state index contributed by atoms with van der Waals surface area (Å²) in [4.78, 5) is 4.26. The molecule has 0 saturated heterocycles. The quantitative estimate of drug-likeness (QED) is 0.881. The van der Waals surface area contributed by atoms with Gasteiger partial charge in [0.05, 0.1) is 13.2 Å². The summed E-state index contributed by atoms with van der Waals surface area (Å²) in [5.41, 5.74) is 2.91. The Hall–Kier alpha value is -1.94. The third kappa shape index (κ3) is 3.58. The van der Waals surface area contributed by atoms with E-state index < -0.39 is 0 Å². The Bertz CT molecular complexity index is 601. The fraction of sp³-hybridized carbons (Fsp3) is 0.353. The second-order valence-electron chi connectivity index (χ2n) is 4.99. The number of benzene rings is 1. The highest BCUT2D eigenvalue weighted by molar-refractivity contribution is 5.41. The molecule has 1 aromatic heterocycles. The fourth-order valence-electron chi connectivity index (χ4n) is 2.43. The summed E-state index contributed by atoms with van der Waals surface area (Å²) in [6, 6.07) is 8.68. The molecule has 1 heterocycles. The Kier molecular flexibility index (Phi) is 5.28. The maximum Gasteiger partial charge on any atom is 0.218 e. The SMILES string of the molecule is CCCNC(c1ccc(F)cc1C)c1cccnc1OC. The lowest BCUT2D eigenvalue weighted by molar-refractivity contribution is 0.386. The second-order valence-corrected chi connectivity index (χ2v) is 4.99. The van der Waals surface area contributed by atoms with Crippen LogP contribution in [0.2, 0.25) is 0 Å². The van der Waals surface area contributed by atoms with E-state index >= 15 is 0 Å². The number of aryl methyl sites for hydroxylation is 1. The molecule has 1 aromatic carbocycles. The minimum atomic E-state index is -0.219. The molecule has 1 N–H and O–H groups in total. The summed E-state index contributed by atoms with van der Waals surface area (Å²) in [6.07, 6.45) is 2.72. The smallest absolute Gasteiger partial charge is 0.218 e. The molecule has 0 spiro atoms. The highest BCUT2D eigenvalue weighted by Gasteiger charge is 2.20. The van der Waals surface area contributed by atoms with Gasteiger partial charge in [-0.1, -0.05) is 19.1 Å². The topological polar surface area (TPSA) is 34.2 Å². The number of nitrogens with one attached hydrogen (secondary N) is 1. The number of nitrogens with zero attached hydrogens (tertiary/aromatic N) is 1. The molecule has 0 aliphatic heterocycles. The first-order valence-corrected chi connectivity index (χ1v) is 7.15. The Morgan fingerprint density at radius 1 is 1.29 bits per heavy atom. The Balaban J connectivity index is 2.47. The van der Waals surface area contributed by atoms with Crippen LogP contribution in [0.3, 0.4) is 0 Å². The average Bonchev–Trinajstić information content (AvgIpc) is 2.49. The molecule has 0 aliphatic rings. The average molecular weight is 288 g/mol. The Morgan fingerprint density at radius 2 is 2.10 bits per heavy atom. The van der Waals surface area contributed by atoms with Crippen molar-refractivity contribution in [2.45, 2.75) is 26.3 Å². The Labute approximate surface area is 125 Å². The molecule has 112 valence electrons. The summed E-state index contributed by atoms with van der Waals surface area (Å²) in [7, 11) is 1.61. The van der Waals surface area contributed by atoms with Gasteiger partial charge in [0.1, 0.15) is 5.82 Å². The van der Waals surface area contributed by atoms with Crippen molar-refractivity contribution in [3.05, 3.63) is 59.0 Å². The van der Waals surface area contributed by atoms with Gasteiger partial charge >= 0.3 is 0 Å². The van der Waals surface area contributed by atoms with Gasteiger partial charge in [-0.05, 0) is 49.2 Å². The number of ether oxygens (including phenoxy) is 1. The molecule has 2 aromatic rings. The molecule has 0 radical (unpaired) electrons. The predicted molar refractivity (Wildman–Crippen MR) is 82.1 cm³/mol. The summed E-state index contributed by atoms with van der Waals surface area (Å²) < 4.78 is 18.7. The number of rotatable bonds is 6. The fourth-order valence-corrected chi connectivity index (χ4v) is 2.43. The van der Waals surface area contributed by atoms with E-state index in [0.717, 1.165) is 29.7 Å². The normalized spacial score (nSPS) is 12.2. The molecule has 1 unspecified atom stereocenters. The van der Waals surface area contributed by atoms with E-state index in [2.05, 4.69) is 17.2 Å². The van der Waals surface area contributed by atoms with Gasteiger partial charge in [0.25, 0.3) is 0 Å². The van der Waals surface area contributed by atoms with Crippen LogP contribution >= 0.6 is 0 Å². The van der Waals surface area contributed by atoms with E-state index in [1.807, 2.05) is 25.1 Å². The maximum atomic E-state index is 13.4. The van der Waals surface area contributed by atoms with Gasteiger partial charge in [-0.25, -0.2) is 9.37 Å². The monoisotopic (exact) mass is 288 g/mol. The van der Waals surface area contributed by atoms with E-state index in [9.17, 15) is 4.39 Å². The van der Waals surface area contributed by atoms with Crippen molar-refractivity contribution >= 4 is 0 Å². The third-order valence-corrected chi connectivity index (χ3v) is 3.45. The minimum Gasteiger partial charge on any atom is -0.481 e. The molecule has 0 fully saturated rings. The van der Waals surface area contributed by atoms with Gasteiger partial charge in [-0.3, -0.25) is 0 Å². The van der Waals surface area contributed by atoms with Crippen LogP contribution in [0, 0.1) is 12.7 Å². The number of aromatic nitrogens is 1. The molecule has 0 amide bonds. The zero-order valence-corrected chi connectivity index (χ0v) is 12.7. The van der Waals surface area contributed by atoms with Crippen molar-refractivity contribution < 1.29 is 9.13 Å². The van der Waals surface area contributed by atoms with Gasteiger partial charge in [-0.2, -0.15) is 0 Å². The van der Waals surface area contributed by atoms with Gasteiger partial charge in [0.15, 0.2) is 0 Å². The largest absolute Gasteiger partial charge is 0.481 e. The molecule has 0 saturated carbocycles. The van der Waals surface area contributed by atoms with Crippen LogP contribution in [-0.4, -0.2) is 18.6 Å². The van der Waals surface area contributed by atoms with E-state index in [4.69, 9.17) is 4.74 Å². The number of halogens is 1. The lowest BCUT2D eigenvalue weighted by atomic mass is 9.95. The van der Waals surface area contributed by atoms with Crippen LogP contribution in [0.5, 0.6) is 5.88 Å². The van der Waals surface area contributed by atoms with Gasteiger partial charge in [0, 0.05) is 11.8 Å². The minimum absolute atomic E-state index is 0.0609. The molecule has 0 aliphatic carbocycles. The number of methoxy groups -OCH3 is 1. The van der Waals surface area contributed by atoms with E-state index in [1.165, 1.54) is 6.07 Å². The van der Waals surface area contributed by atoms with Gasteiger partial charge < -0.3 is 10.1 Å². The van der Waals surface area contributed by atoms with Crippen molar-refractivity contribution in [3.8, 4) is 5.88 Å². The van der Waals surface area contributed by atoms with Crippen LogP contribution in [0.4, 0.5) is 4.39 Å². The van der Waals surface area contributed by atoms with Crippen molar-refractivity contribution in [2.24, 2.45) is 0 Å². The van der Waals surface area contributed by atoms with Gasteiger partial charge in [0.2, 0.25) is 5.88 Å². The summed E-state index contributed by atoms with van der Waals surface area (Å²) in [6.45, 7) is 4.89. The third-order valence-electron chi connectivity index (χ3n) is 3.45. The molecule has 2 rings (SSSR count). The molecule has 3 nitrogen and oxygen atoms in total. The standard InChI is InChI=1S/C17H21FN2O/c1-4-9-19-16(14-8-7-13(18)11-12(14)2)15-6-5-10-20-17(15)21-3/h5-8,10-11,16,19H,4,9H2,1-3H3. The summed E-state index contributed by atoms with van der Waals surface area (Å²) in [5, 5.41) is 3.49. The summed E-state index contributed by atoms with van der Waals surface area (Å²) >= 11 is 0. The molecule has 1 atom stereocenters. The lowest BCUT2D eigenvalue weighted by Crippen LogP contribution is -2.24. The molecular formula is C17H21FN2O. The van der Waals surface area contributed by atoms with Gasteiger partial charge in [-0.15, -0.1) is 0 Å². The highest BCUT2D eigenvalue weighted by Crippen LogP contribution is 2.30. The lowest BCUT2D eigenvalue weighted by Gasteiger charge is -2.22. The predicted octanol–water partition coefficient (Wildman–Crippen LogP) is 3.63. The first kappa shape index (κ1) is 15.4. The van der Waals surface area contributed by atoms with Crippen molar-refractivity contribution in [1.82, 2.24) is 10.3 Å². The Morgan fingerprint density at radius 3 is 2.76 bits per heavy atom. The van der Waals surface area contributed by atoms with E-state index in [-0.39, 0.29) is 11.9 Å².